The average molecular weight is 870 g/mol. The van der Waals surface area contributed by atoms with Crippen LogP contribution in [0.2, 0.25) is 0 Å². The van der Waals surface area contributed by atoms with Crippen molar-refractivity contribution in [1.29, 1.82) is 0 Å². The Hall–Kier alpha value is -6.47. The molecule has 7 rings (SSSR count). The number of carbonyl (C=O) groups excluding carboxylic acids is 3. The number of anilines is 4. The number of hydrogen-bond donors (Lipinski definition) is 3. The van der Waals surface area contributed by atoms with Crippen LogP contribution in [0.5, 0.6) is 5.75 Å². The molecular weight excluding hydrogens is 818 g/mol. The first-order valence-corrected chi connectivity index (χ1v) is 21.4. The van der Waals surface area contributed by atoms with Gasteiger partial charge in [-0.2, -0.15) is 14.6 Å². The third-order valence-corrected chi connectivity index (χ3v) is 11.4. The summed E-state index contributed by atoms with van der Waals surface area (Å²) in [6.07, 6.45) is 9.85. The van der Waals surface area contributed by atoms with Crippen molar-refractivity contribution in [3.8, 4) is 17.0 Å². The molecule has 1 aliphatic rings. The number of benzene rings is 2. The Morgan fingerprint density at radius 2 is 1.89 bits per heavy atom. The highest BCUT2D eigenvalue weighted by Gasteiger charge is 2.24. The Bertz CT molecular complexity index is 2480. The molecule has 1 fully saturated rings. The first-order chi connectivity index (χ1) is 29.9. The normalized spacial score (nSPS) is 13.6. The van der Waals surface area contributed by atoms with Gasteiger partial charge in [0.2, 0.25) is 23.9 Å². The molecule has 19 heteroatoms. The van der Waals surface area contributed by atoms with Crippen LogP contribution < -0.4 is 25.2 Å². The van der Waals surface area contributed by atoms with Crippen molar-refractivity contribution in [3.05, 3.63) is 84.4 Å². The van der Waals surface area contributed by atoms with Crippen LogP contribution in [0.15, 0.2) is 81.7 Å². The lowest BCUT2D eigenvalue weighted by atomic mass is 9.88. The van der Waals surface area contributed by atoms with Crippen LogP contribution in [-0.4, -0.2) is 105 Å². The van der Waals surface area contributed by atoms with Crippen molar-refractivity contribution in [2.24, 2.45) is 0 Å². The van der Waals surface area contributed by atoms with Gasteiger partial charge in [0.15, 0.2) is 10.8 Å². The molecule has 62 heavy (non-hydrogen) atoms. The number of piperidine rings is 1. The quantitative estimate of drug-likeness (QED) is 0.0705. The number of H-pyrrole nitrogens is 1. The topological polar surface area (TPSA) is 196 Å². The monoisotopic (exact) mass is 869 g/mol. The van der Waals surface area contributed by atoms with Crippen molar-refractivity contribution >= 4 is 58.1 Å². The minimum absolute atomic E-state index is 0.00292. The number of fused-ring (bicyclic) bond motifs is 1. The van der Waals surface area contributed by atoms with Crippen molar-refractivity contribution < 1.29 is 32.1 Å². The number of carbonyl (C=O) groups is 3. The van der Waals surface area contributed by atoms with E-state index in [1.807, 2.05) is 38.9 Å². The van der Waals surface area contributed by atoms with Gasteiger partial charge in [-0.1, -0.05) is 6.07 Å². The number of rotatable bonds is 17. The number of hydrogen-bond acceptors (Lipinski definition) is 13. The predicted molar refractivity (Wildman–Crippen MR) is 234 cm³/mol. The van der Waals surface area contributed by atoms with Crippen LogP contribution in [0.4, 0.5) is 27.4 Å². The summed E-state index contributed by atoms with van der Waals surface area (Å²) < 4.78 is 42.4. The highest BCUT2D eigenvalue weighted by Crippen LogP contribution is 2.36. The molecule has 1 saturated heterocycles. The third kappa shape index (κ3) is 11.1. The fourth-order valence-corrected chi connectivity index (χ4v) is 7.95. The minimum atomic E-state index is -1.73. The number of nitrogens with zero attached hydrogens (tertiary/aromatic N) is 8. The summed E-state index contributed by atoms with van der Waals surface area (Å²) in [6, 6.07) is 14.2. The van der Waals surface area contributed by atoms with E-state index in [0.29, 0.717) is 54.6 Å². The zero-order valence-corrected chi connectivity index (χ0v) is 36.4. The van der Waals surface area contributed by atoms with Crippen LogP contribution in [0.25, 0.3) is 16.9 Å². The number of unbranched alkanes of at least 4 members (excludes halogenated alkanes) is 1. The summed E-state index contributed by atoms with van der Waals surface area (Å²) in [5.74, 6) is 1.00. The molecule has 6 aromatic rings. The number of aromatic amines is 1. The summed E-state index contributed by atoms with van der Waals surface area (Å²) in [4.78, 5) is 47.0. The number of ether oxygens (including phenoxy) is 1. The van der Waals surface area contributed by atoms with Gasteiger partial charge >= 0.3 is 0 Å². The van der Waals surface area contributed by atoms with Gasteiger partial charge in [-0.05, 0) is 100 Å². The van der Waals surface area contributed by atoms with E-state index in [1.165, 1.54) is 28.5 Å². The summed E-state index contributed by atoms with van der Waals surface area (Å²) in [7, 11) is 5.56. The van der Waals surface area contributed by atoms with E-state index in [-0.39, 0.29) is 33.6 Å². The van der Waals surface area contributed by atoms with Gasteiger partial charge in [0.05, 0.1) is 35.9 Å². The Kier molecular flexibility index (Phi) is 15.2. The van der Waals surface area contributed by atoms with Gasteiger partial charge in [-0.3, -0.25) is 19.6 Å². The number of aromatic nitrogens is 6. The van der Waals surface area contributed by atoms with Crippen molar-refractivity contribution in [1.82, 2.24) is 40.0 Å². The van der Waals surface area contributed by atoms with Gasteiger partial charge < -0.3 is 34.4 Å². The summed E-state index contributed by atoms with van der Waals surface area (Å²) in [6.45, 7) is 6.11. The fourth-order valence-electron chi connectivity index (χ4n) is 6.94. The first-order valence-electron chi connectivity index (χ1n) is 20.2. The van der Waals surface area contributed by atoms with Gasteiger partial charge in [-0.25, -0.2) is 13.6 Å². The maximum Gasteiger partial charge on any atom is 0.247 e. The van der Waals surface area contributed by atoms with Crippen molar-refractivity contribution in [2.45, 2.75) is 74.5 Å². The molecule has 0 radical (unpaired) electrons. The van der Waals surface area contributed by atoms with Crippen LogP contribution >= 0.6 is 0 Å². The van der Waals surface area contributed by atoms with Crippen LogP contribution in [0.1, 0.15) is 63.2 Å². The maximum atomic E-state index is 15.4. The first kappa shape index (κ1) is 45.1. The molecule has 1 aliphatic heterocycles. The lowest BCUT2D eigenvalue weighted by molar-refractivity contribution is -0.120. The lowest BCUT2D eigenvalue weighted by Gasteiger charge is -2.32. The van der Waals surface area contributed by atoms with E-state index in [2.05, 4.69) is 59.0 Å². The largest absolute Gasteiger partial charge is 0.485 e. The van der Waals surface area contributed by atoms with Crippen molar-refractivity contribution in [3.63, 3.8) is 0 Å². The highest BCUT2D eigenvalue weighted by molar-refractivity contribution is 7.85. The Morgan fingerprint density at radius 1 is 1.10 bits per heavy atom. The molecule has 0 spiro atoms. The SMILES string of the molecule is CC(C)Oc1c(-c2cn[nH]c2)ncn2nc(Nc3ccc(S(=O)c4ccc(CN5CCC(c6ccc(N(C)C)c(N(C)C=O)c6)CC5)o4)cc3F)nc12.CNC(=O)CCCC=O. The molecule has 2 amide bonds. The predicted octanol–water partition coefficient (Wildman–Crippen LogP) is 6.08. The standard InChI is InChI=1S/C37H41FN10O4S.C6H11NO2/c1-23(2)51-35-34(26-18-40-41-19-26)39-21-48-36(35)43-37(44-48)42-30-9-8-28(17-29(30)38)53(50)33-11-7-27(52-33)20-47-14-12-24(13-15-47)25-6-10-31(45(3)4)32(16-25)46(5)22-49;1-7-6(9)4-2-3-5-8/h6-11,16-19,21-24H,12-15,20H2,1-5H3,(H,40,41)(H,42,44);5H,2-4H2,1H3,(H,7,9). The summed E-state index contributed by atoms with van der Waals surface area (Å²) in [5.41, 5.74) is 4.89. The Morgan fingerprint density at radius 3 is 2.55 bits per heavy atom. The fraction of sp³-hybridized carbons (Fsp3) is 0.372. The zero-order chi connectivity index (χ0) is 44.3. The molecule has 0 bridgehead atoms. The number of nitrogens with one attached hydrogen (secondary N) is 3. The summed E-state index contributed by atoms with van der Waals surface area (Å²) >= 11 is 0. The number of likely N-dealkylation sites (tertiary alicyclic amines) is 1. The van der Waals surface area contributed by atoms with E-state index in [4.69, 9.17) is 9.15 Å². The molecule has 17 nitrogen and oxygen atoms in total. The molecule has 2 aromatic carbocycles. The zero-order valence-electron chi connectivity index (χ0n) is 35.6. The molecular formula is C43H52FN11O6S. The van der Waals surface area contributed by atoms with Crippen LogP contribution in [0.3, 0.4) is 0 Å². The highest BCUT2D eigenvalue weighted by atomic mass is 32.2. The second-order valence-electron chi connectivity index (χ2n) is 15.2. The molecule has 1 atom stereocenters. The van der Waals surface area contributed by atoms with Gasteiger partial charge in [0, 0.05) is 57.7 Å². The Balaban J connectivity index is 0.000000642. The minimum Gasteiger partial charge on any atom is -0.485 e. The van der Waals surface area contributed by atoms with E-state index < -0.39 is 16.6 Å². The van der Waals surface area contributed by atoms with Crippen molar-refractivity contribution in [2.75, 3.05) is 56.4 Å². The van der Waals surface area contributed by atoms with Gasteiger partial charge in [0.1, 0.15) is 40.7 Å². The second-order valence-corrected chi connectivity index (χ2v) is 16.6. The maximum absolute atomic E-state index is 15.4. The van der Waals surface area contributed by atoms with E-state index in [9.17, 15) is 18.6 Å². The number of aldehydes is 1. The summed E-state index contributed by atoms with van der Waals surface area (Å²) in [5, 5.41) is 16.8. The molecule has 4 aromatic heterocycles. The van der Waals surface area contributed by atoms with Crippen LogP contribution in [0, 0.1) is 5.82 Å². The molecule has 5 heterocycles. The van der Waals surface area contributed by atoms with Crippen LogP contribution in [-0.2, 0) is 31.7 Å². The molecule has 3 N–H and O–H groups in total. The molecule has 328 valence electrons. The number of amides is 2. The molecule has 0 aliphatic carbocycles. The van der Waals surface area contributed by atoms with Gasteiger partial charge in [-0.15, -0.1) is 5.10 Å². The average Bonchev–Trinajstić information content (AvgIpc) is 4.07. The van der Waals surface area contributed by atoms with E-state index in [0.717, 1.165) is 55.6 Å². The number of halogens is 1. The lowest BCUT2D eigenvalue weighted by Crippen LogP contribution is -2.32. The van der Waals surface area contributed by atoms with E-state index in [1.54, 1.807) is 43.5 Å². The van der Waals surface area contributed by atoms with Gasteiger partial charge in [0.25, 0.3) is 0 Å². The molecule has 0 saturated carbocycles. The molecule has 1 unspecified atom stereocenters. The smallest absolute Gasteiger partial charge is 0.247 e. The van der Waals surface area contributed by atoms with E-state index >= 15 is 4.39 Å². The second kappa shape index (κ2) is 20.9. The Labute approximate surface area is 361 Å². The third-order valence-electron chi connectivity index (χ3n) is 10.2. The number of furan rings is 1.